The second-order valence-corrected chi connectivity index (χ2v) is 4.54. The van der Waals surface area contributed by atoms with Gasteiger partial charge in [-0.15, -0.1) is 0 Å². The lowest BCUT2D eigenvalue weighted by Gasteiger charge is -2.20. The molecule has 1 aliphatic heterocycles. The number of rotatable bonds is 3. The number of ether oxygens (including phenoxy) is 1. The maximum atomic E-state index is 11.9. The van der Waals surface area contributed by atoms with Crippen LogP contribution in [0, 0.1) is 11.8 Å². The summed E-state index contributed by atoms with van der Waals surface area (Å²) in [6, 6.07) is 0. The minimum atomic E-state index is -0.697. The molecule has 0 bridgehead atoms. The number of hydrazine groups is 1. The Kier molecular flexibility index (Phi) is 4.74. The zero-order valence-electron chi connectivity index (χ0n) is 10.7. The lowest BCUT2D eigenvalue weighted by molar-refractivity contribution is -0.131. The van der Waals surface area contributed by atoms with Crippen molar-refractivity contribution < 1.29 is 14.3 Å². The fourth-order valence-corrected chi connectivity index (χ4v) is 2.20. The molecule has 1 saturated heterocycles. The number of carbonyl (C=O) groups is 2. The second kappa shape index (κ2) is 5.86. The normalized spacial score (nSPS) is 23.6. The Morgan fingerprint density at radius 2 is 2.12 bits per heavy atom. The molecule has 1 aliphatic rings. The van der Waals surface area contributed by atoms with E-state index in [2.05, 4.69) is 18.6 Å². The quantitative estimate of drug-likeness (QED) is 0.443. The first kappa shape index (κ1) is 13.8. The van der Waals surface area contributed by atoms with E-state index in [9.17, 15) is 9.59 Å². The summed E-state index contributed by atoms with van der Waals surface area (Å²) in [7, 11) is 1.23. The van der Waals surface area contributed by atoms with Gasteiger partial charge in [0.2, 0.25) is 5.91 Å². The van der Waals surface area contributed by atoms with E-state index in [1.54, 1.807) is 4.90 Å². The van der Waals surface area contributed by atoms with Crippen molar-refractivity contribution in [3.05, 3.63) is 0 Å². The van der Waals surface area contributed by atoms with E-state index in [-0.39, 0.29) is 12.5 Å². The van der Waals surface area contributed by atoms with Crippen molar-refractivity contribution in [1.29, 1.82) is 0 Å². The molecule has 1 rings (SSSR count). The van der Waals surface area contributed by atoms with E-state index in [1.807, 2.05) is 0 Å². The summed E-state index contributed by atoms with van der Waals surface area (Å²) in [4.78, 5) is 24.7. The molecule has 0 aliphatic carbocycles. The molecule has 1 heterocycles. The van der Waals surface area contributed by atoms with Gasteiger partial charge in [-0.2, -0.15) is 0 Å². The third-order valence-corrected chi connectivity index (χ3v) is 3.36. The van der Waals surface area contributed by atoms with Gasteiger partial charge in [0.15, 0.2) is 0 Å². The van der Waals surface area contributed by atoms with E-state index < -0.39 is 6.09 Å². The molecule has 0 aromatic rings. The van der Waals surface area contributed by atoms with Crippen LogP contribution in [-0.2, 0) is 9.53 Å². The van der Waals surface area contributed by atoms with Crippen molar-refractivity contribution in [2.75, 3.05) is 26.7 Å². The first-order valence-corrected chi connectivity index (χ1v) is 5.87. The largest absolute Gasteiger partial charge is 0.452 e. The fourth-order valence-electron chi connectivity index (χ4n) is 2.20. The first-order chi connectivity index (χ1) is 7.99. The van der Waals surface area contributed by atoms with Crippen LogP contribution in [0.2, 0.25) is 0 Å². The third-order valence-electron chi connectivity index (χ3n) is 3.36. The zero-order valence-corrected chi connectivity index (χ0v) is 10.7. The van der Waals surface area contributed by atoms with Crippen LogP contribution in [0.15, 0.2) is 0 Å². The van der Waals surface area contributed by atoms with Crippen LogP contribution in [-0.4, -0.2) is 48.7 Å². The van der Waals surface area contributed by atoms with Gasteiger partial charge in [-0.3, -0.25) is 4.79 Å². The van der Waals surface area contributed by atoms with Crippen molar-refractivity contribution in [3.63, 3.8) is 0 Å². The van der Waals surface area contributed by atoms with Crippen LogP contribution < -0.4 is 5.84 Å². The zero-order chi connectivity index (χ0) is 13.0. The van der Waals surface area contributed by atoms with Gasteiger partial charge in [0, 0.05) is 13.1 Å². The smallest absolute Gasteiger partial charge is 0.424 e. The monoisotopic (exact) mass is 243 g/mol. The molecule has 17 heavy (non-hydrogen) atoms. The topological polar surface area (TPSA) is 75.9 Å². The predicted octanol–water partition coefficient (Wildman–Crippen LogP) is 0.433. The molecule has 1 fully saturated rings. The second-order valence-electron chi connectivity index (χ2n) is 4.54. The standard InChI is InChI=1S/C11H21N3O3/c1-4-9-6-13(5-8(9)2)10(15)7-14(12)11(16)17-3/h8-9H,4-7,12H2,1-3H3. The fraction of sp³-hybridized carbons (Fsp3) is 0.818. The van der Waals surface area contributed by atoms with Crippen LogP contribution in [0.3, 0.4) is 0 Å². The van der Waals surface area contributed by atoms with Crippen LogP contribution in [0.5, 0.6) is 0 Å². The van der Waals surface area contributed by atoms with Gasteiger partial charge in [0.25, 0.3) is 0 Å². The highest BCUT2D eigenvalue weighted by atomic mass is 16.5. The lowest BCUT2D eigenvalue weighted by atomic mass is 9.96. The molecule has 0 aromatic heterocycles. The number of nitrogens with two attached hydrogens (primary N) is 1. The molecule has 2 N–H and O–H groups in total. The van der Waals surface area contributed by atoms with Gasteiger partial charge in [0.05, 0.1) is 7.11 Å². The minimum Gasteiger partial charge on any atom is -0.452 e. The van der Waals surface area contributed by atoms with Crippen molar-refractivity contribution in [2.45, 2.75) is 20.3 Å². The number of carbonyl (C=O) groups excluding carboxylic acids is 2. The Labute approximate surface area is 102 Å². The summed E-state index contributed by atoms with van der Waals surface area (Å²) < 4.78 is 4.43. The highest BCUT2D eigenvalue weighted by Crippen LogP contribution is 2.25. The van der Waals surface area contributed by atoms with E-state index in [1.165, 1.54) is 7.11 Å². The van der Waals surface area contributed by atoms with Gasteiger partial charge in [-0.25, -0.2) is 15.6 Å². The van der Waals surface area contributed by atoms with Gasteiger partial charge in [-0.1, -0.05) is 20.3 Å². The molecule has 0 spiro atoms. The lowest BCUT2D eigenvalue weighted by Crippen LogP contribution is -2.45. The molecule has 2 unspecified atom stereocenters. The van der Waals surface area contributed by atoms with Gasteiger partial charge in [-0.05, 0) is 11.8 Å². The van der Waals surface area contributed by atoms with Crippen LogP contribution >= 0.6 is 0 Å². The summed E-state index contributed by atoms with van der Waals surface area (Å²) in [6.45, 7) is 5.63. The summed E-state index contributed by atoms with van der Waals surface area (Å²) in [5.74, 6) is 6.34. The predicted molar refractivity (Wildman–Crippen MR) is 62.8 cm³/mol. The van der Waals surface area contributed by atoms with Crippen molar-refractivity contribution in [1.82, 2.24) is 9.91 Å². The highest BCUT2D eigenvalue weighted by Gasteiger charge is 2.31. The first-order valence-electron chi connectivity index (χ1n) is 5.87. The Bertz CT molecular complexity index is 296. The molecular weight excluding hydrogens is 222 g/mol. The average molecular weight is 243 g/mol. The van der Waals surface area contributed by atoms with Crippen LogP contribution in [0.1, 0.15) is 20.3 Å². The number of hydrogen-bond acceptors (Lipinski definition) is 4. The maximum absolute atomic E-state index is 11.9. The molecule has 0 aromatic carbocycles. The average Bonchev–Trinajstić information content (AvgIpc) is 2.69. The van der Waals surface area contributed by atoms with E-state index in [0.29, 0.717) is 11.8 Å². The molecule has 6 nitrogen and oxygen atoms in total. The molecule has 2 atom stereocenters. The maximum Gasteiger partial charge on any atom is 0.424 e. The summed E-state index contributed by atoms with van der Waals surface area (Å²) >= 11 is 0. The molecule has 6 heteroatoms. The Balaban J connectivity index is 2.47. The van der Waals surface area contributed by atoms with E-state index in [0.717, 1.165) is 24.5 Å². The molecule has 2 amide bonds. The number of methoxy groups -OCH3 is 1. The molecular formula is C11H21N3O3. The Morgan fingerprint density at radius 3 is 2.59 bits per heavy atom. The Hall–Kier alpha value is -1.30. The van der Waals surface area contributed by atoms with Crippen molar-refractivity contribution in [3.8, 4) is 0 Å². The van der Waals surface area contributed by atoms with Gasteiger partial charge >= 0.3 is 6.09 Å². The number of nitrogens with zero attached hydrogens (tertiary/aromatic N) is 2. The Morgan fingerprint density at radius 1 is 1.47 bits per heavy atom. The summed E-state index contributed by atoms with van der Waals surface area (Å²) in [6.07, 6.45) is 0.367. The summed E-state index contributed by atoms with van der Waals surface area (Å²) in [5.41, 5.74) is 0. The number of amides is 2. The van der Waals surface area contributed by atoms with Crippen molar-refractivity contribution >= 4 is 12.0 Å². The minimum absolute atomic E-state index is 0.124. The third kappa shape index (κ3) is 3.33. The molecule has 0 radical (unpaired) electrons. The van der Waals surface area contributed by atoms with E-state index >= 15 is 0 Å². The SMILES string of the molecule is CCC1CN(C(=O)CN(N)C(=O)OC)CC1C. The molecule has 98 valence electrons. The van der Waals surface area contributed by atoms with Crippen LogP contribution in [0.25, 0.3) is 0 Å². The number of likely N-dealkylation sites (tertiary alicyclic amines) is 1. The van der Waals surface area contributed by atoms with Crippen LogP contribution in [0.4, 0.5) is 4.79 Å². The van der Waals surface area contributed by atoms with Crippen molar-refractivity contribution in [2.24, 2.45) is 17.7 Å². The highest BCUT2D eigenvalue weighted by molar-refractivity contribution is 5.82. The van der Waals surface area contributed by atoms with Gasteiger partial charge in [0.1, 0.15) is 6.54 Å². The van der Waals surface area contributed by atoms with Gasteiger partial charge < -0.3 is 9.64 Å². The van der Waals surface area contributed by atoms with E-state index in [4.69, 9.17) is 5.84 Å². The number of hydrogen-bond donors (Lipinski definition) is 1. The summed E-state index contributed by atoms with van der Waals surface area (Å²) in [5, 5.41) is 0.798. The molecule has 0 saturated carbocycles.